The fraction of sp³-hybridized carbons (Fsp3) is 0.200. The van der Waals surface area contributed by atoms with Gasteiger partial charge in [0, 0.05) is 7.05 Å². The first-order valence-electron chi connectivity index (χ1n) is 8.08. The molecule has 1 aromatic heterocycles. The Labute approximate surface area is 150 Å². The van der Waals surface area contributed by atoms with E-state index in [9.17, 15) is 9.59 Å². The Hall–Kier alpha value is -3.28. The lowest BCUT2D eigenvalue weighted by Crippen LogP contribution is -2.30. The van der Waals surface area contributed by atoms with E-state index in [1.54, 1.807) is 37.6 Å². The summed E-state index contributed by atoms with van der Waals surface area (Å²) in [6.07, 6.45) is 1.54. The Morgan fingerprint density at radius 1 is 1.08 bits per heavy atom. The van der Waals surface area contributed by atoms with E-state index in [1.807, 2.05) is 24.3 Å². The molecule has 134 valence electrons. The lowest BCUT2D eigenvalue weighted by molar-refractivity contribution is -0.134. The van der Waals surface area contributed by atoms with Crippen molar-refractivity contribution >= 4 is 22.6 Å². The maximum absolute atomic E-state index is 12.4. The molecule has 0 bridgehead atoms. The van der Waals surface area contributed by atoms with Gasteiger partial charge in [-0.3, -0.25) is 4.79 Å². The van der Waals surface area contributed by atoms with Gasteiger partial charge >= 0.3 is 5.97 Å². The van der Waals surface area contributed by atoms with Crippen molar-refractivity contribution in [3.63, 3.8) is 0 Å². The highest BCUT2D eigenvalue weighted by Crippen LogP contribution is 2.26. The molecule has 0 aliphatic carbocycles. The first-order valence-corrected chi connectivity index (χ1v) is 8.08. The van der Waals surface area contributed by atoms with Gasteiger partial charge in [-0.2, -0.15) is 0 Å². The summed E-state index contributed by atoms with van der Waals surface area (Å²) in [5.74, 6) is 0.135. The number of carbonyl (C=O) groups excluding carboxylic acids is 2. The Kier molecular flexibility index (Phi) is 5.22. The van der Waals surface area contributed by atoms with Crippen LogP contribution in [-0.4, -0.2) is 37.5 Å². The van der Waals surface area contributed by atoms with Crippen LogP contribution in [0.4, 0.5) is 0 Å². The van der Waals surface area contributed by atoms with E-state index in [1.165, 1.54) is 12.0 Å². The molecule has 0 atom stereocenters. The van der Waals surface area contributed by atoms with Crippen LogP contribution in [0.3, 0.4) is 0 Å². The van der Waals surface area contributed by atoms with Gasteiger partial charge in [-0.15, -0.1) is 0 Å². The van der Waals surface area contributed by atoms with E-state index < -0.39 is 5.97 Å². The number of carbonyl (C=O) groups is 2. The third kappa shape index (κ3) is 3.85. The van der Waals surface area contributed by atoms with E-state index >= 15 is 0 Å². The van der Waals surface area contributed by atoms with Crippen LogP contribution >= 0.6 is 0 Å². The van der Waals surface area contributed by atoms with Crippen LogP contribution < -0.4 is 4.74 Å². The second-order valence-corrected chi connectivity index (χ2v) is 5.80. The Morgan fingerprint density at radius 2 is 1.81 bits per heavy atom. The number of esters is 1. The predicted octanol–water partition coefficient (Wildman–Crippen LogP) is 3.26. The zero-order valence-corrected chi connectivity index (χ0v) is 14.6. The summed E-state index contributed by atoms with van der Waals surface area (Å²) in [6, 6.07) is 14.6. The van der Waals surface area contributed by atoms with E-state index in [2.05, 4.69) is 0 Å². The molecule has 6 heteroatoms. The molecule has 2 aromatic carbocycles. The number of fused-ring (bicyclic) bond motifs is 1. The normalized spacial score (nSPS) is 10.5. The highest BCUT2D eigenvalue weighted by molar-refractivity contribution is 5.99. The number of nitrogens with zero attached hydrogens (tertiary/aromatic N) is 1. The molecule has 0 aliphatic heterocycles. The van der Waals surface area contributed by atoms with Crippen LogP contribution in [0.15, 0.2) is 59.2 Å². The minimum Gasteiger partial charge on any atom is -0.496 e. The molecule has 3 rings (SSSR count). The van der Waals surface area contributed by atoms with Crippen molar-refractivity contribution in [2.24, 2.45) is 0 Å². The largest absolute Gasteiger partial charge is 0.496 e. The van der Waals surface area contributed by atoms with Crippen LogP contribution in [0, 0.1) is 0 Å². The van der Waals surface area contributed by atoms with E-state index in [0.29, 0.717) is 18.1 Å². The molecule has 0 unspecified atom stereocenters. The fourth-order valence-corrected chi connectivity index (χ4v) is 2.59. The number of hydrogen-bond donors (Lipinski definition) is 0. The van der Waals surface area contributed by atoms with Gasteiger partial charge in [0.05, 0.1) is 19.9 Å². The minimum atomic E-state index is -0.604. The number of methoxy groups -OCH3 is 1. The number of likely N-dealkylation sites (N-methyl/N-ethyl adjacent to an activating group) is 1. The highest BCUT2D eigenvalue weighted by Gasteiger charge is 2.18. The number of amides is 1. The van der Waals surface area contributed by atoms with Crippen LogP contribution in [0.1, 0.15) is 16.1 Å². The standard InChI is InChI=1S/C20H19NO5/c1-21(12-16-8-5-9-25-16)19(22)13-26-20(23)17-10-14-6-3-4-7-15(14)11-18(17)24-2/h3-11H,12-13H2,1-2H3. The monoisotopic (exact) mass is 353 g/mol. The summed E-state index contributed by atoms with van der Waals surface area (Å²) in [5.41, 5.74) is 0.285. The van der Waals surface area contributed by atoms with Gasteiger partial charge in [0.2, 0.25) is 0 Å². The van der Waals surface area contributed by atoms with Crippen molar-refractivity contribution in [1.82, 2.24) is 4.90 Å². The van der Waals surface area contributed by atoms with Gasteiger partial charge in [-0.1, -0.05) is 24.3 Å². The molecule has 0 fully saturated rings. The first kappa shape index (κ1) is 17.5. The molecule has 0 radical (unpaired) electrons. The summed E-state index contributed by atoms with van der Waals surface area (Å²) in [6.45, 7) is -0.0469. The molecule has 1 heterocycles. The second kappa shape index (κ2) is 7.74. The van der Waals surface area contributed by atoms with Crippen molar-refractivity contribution in [3.8, 4) is 5.75 Å². The maximum atomic E-state index is 12.4. The summed E-state index contributed by atoms with van der Waals surface area (Å²) in [4.78, 5) is 26.0. The second-order valence-electron chi connectivity index (χ2n) is 5.80. The van der Waals surface area contributed by atoms with Crippen molar-refractivity contribution < 1.29 is 23.5 Å². The van der Waals surface area contributed by atoms with Crippen LogP contribution in [0.25, 0.3) is 10.8 Å². The topological polar surface area (TPSA) is 69.0 Å². The lowest BCUT2D eigenvalue weighted by atomic mass is 10.1. The quantitative estimate of drug-likeness (QED) is 0.636. The van der Waals surface area contributed by atoms with Gasteiger partial charge in [0.25, 0.3) is 5.91 Å². The van der Waals surface area contributed by atoms with Gasteiger partial charge in [0.15, 0.2) is 6.61 Å². The summed E-state index contributed by atoms with van der Waals surface area (Å²) in [7, 11) is 3.11. The van der Waals surface area contributed by atoms with Crippen LogP contribution in [0.2, 0.25) is 0 Å². The highest BCUT2D eigenvalue weighted by atomic mass is 16.5. The number of hydrogen-bond acceptors (Lipinski definition) is 5. The molecule has 0 spiro atoms. The van der Waals surface area contributed by atoms with E-state index in [-0.39, 0.29) is 18.1 Å². The van der Waals surface area contributed by atoms with E-state index in [4.69, 9.17) is 13.9 Å². The van der Waals surface area contributed by atoms with Gasteiger partial charge in [-0.05, 0) is 35.0 Å². The van der Waals surface area contributed by atoms with E-state index in [0.717, 1.165) is 10.8 Å². The average Bonchev–Trinajstić information content (AvgIpc) is 3.17. The first-order chi connectivity index (χ1) is 12.6. The smallest absolute Gasteiger partial charge is 0.342 e. The molecule has 0 aliphatic rings. The zero-order valence-electron chi connectivity index (χ0n) is 14.6. The maximum Gasteiger partial charge on any atom is 0.342 e. The van der Waals surface area contributed by atoms with Gasteiger partial charge in [-0.25, -0.2) is 4.79 Å². The third-order valence-electron chi connectivity index (χ3n) is 4.01. The Balaban J connectivity index is 1.67. The number of furan rings is 1. The number of rotatable bonds is 6. The molecular weight excluding hydrogens is 334 g/mol. The van der Waals surface area contributed by atoms with Crippen molar-refractivity contribution in [3.05, 3.63) is 66.1 Å². The van der Waals surface area contributed by atoms with Crippen LogP contribution in [-0.2, 0) is 16.1 Å². The molecule has 0 saturated heterocycles. The third-order valence-corrected chi connectivity index (χ3v) is 4.01. The van der Waals surface area contributed by atoms with Crippen molar-refractivity contribution in [2.45, 2.75) is 6.54 Å². The molecule has 1 amide bonds. The number of ether oxygens (including phenoxy) is 2. The number of benzene rings is 2. The molecule has 3 aromatic rings. The van der Waals surface area contributed by atoms with Gasteiger partial charge < -0.3 is 18.8 Å². The molecule has 0 N–H and O–H groups in total. The predicted molar refractivity (Wildman–Crippen MR) is 96.0 cm³/mol. The zero-order chi connectivity index (χ0) is 18.5. The summed E-state index contributed by atoms with van der Waals surface area (Å²) in [5, 5.41) is 1.84. The molecule has 0 saturated carbocycles. The lowest BCUT2D eigenvalue weighted by Gasteiger charge is -2.16. The molecule has 6 nitrogen and oxygen atoms in total. The Bertz CT molecular complexity index is 917. The Morgan fingerprint density at radius 3 is 2.46 bits per heavy atom. The SMILES string of the molecule is COc1cc2ccccc2cc1C(=O)OCC(=O)N(C)Cc1ccco1. The average molecular weight is 353 g/mol. The minimum absolute atomic E-state index is 0.285. The summed E-state index contributed by atoms with van der Waals surface area (Å²) >= 11 is 0. The molecular formula is C20H19NO5. The van der Waals surface area contributed by atoms with Crippen molar-refractivity contribution in [2.75, 3.05) is 20.8 Å². The fourth-order valence-electron chi connectivity index (χ4n) is 2.59. The molecule has 26 heavy (non-hydrogen) atoms. The van der Waals surface area contributed by atoms with Gasteiger partial charge in [0.1, 0.15) is 17.1 Å². The summed E-state index contributed by atoms with van der Waals surface area (Å²) < 4.78 is 15.7. The van der Waals surface area contributed by atoms with Crippen LogP contribution in [0.5, 0.6) is 5.75 Å². The van der Waals surface area contributed by atoms with Crippen molar-refractivity contribution in [1.29, 1.82) is 0 Å².